The number of hydrogen-bond donors (Lipinski definition) is 3. The van der Waals surface area contributed by atoms with Gasteiger partial charge in [-0.25, -0.2) is 0 Å². The van der Waals surface area contributed by atoms with E-state index < -0.39 is 12.2 Å². The van der Waals surface area contributed by atoms with Gasteiger partial charge in [0.05, 0.1) is 5.02 Å². The topological polar surface area (TPSA) is 74.2 Å². The minimum absolute atomic E-state index is 0.173. The summed E-state index contributed by atoms with van der Waals surface area (Å²) in [4.78, 5) is 2.23. The molecule has 3 rings (SSSR count). The molecule has 1 aliphatic rings. The van der Waals surface area contributed by atoms with Crippen molar-refractivity contribution in [2.24, 2.45) is 0 Å². The molecule has 0 aliphatic carbocycles. The highest BCUT2D eigenvalue weighted by atomic mass is 35.5. The maximum absolute atomic E-state index is 10.3. The molecule has 6 nitrogen and oxygen atoms in total. The molecule has 3 N–H and O–H groups in total. The van der Waals surface area contributed by atoms with E-state index in [0.29, 0.717) is 34.9 Å². The van der Waals surface area contributed by atoms with Crippen LogP contribution < -0.4 is 14.8 Å². The third-order valence-corrected chi connectivity index (χ3v) is 6.02. The number of aliphatic hydroxyl groups is 2. The van der Waals surface area contributed by atoms with Crippen molar-refractivity contribution in [3.8, 4) is 11.5 Å². The number of nitrogens with one attached hydrogen (secondary N) is 1. The van der Waals surface area contributed by atoms with E-state index in [9.17, 15) is 10.2 Å². The zero-order valence-corrected chi connectivity index (χ0v) is 19.9. The summed E-state index contributed by atoms with van der Waals surface area (Å²) in [5.74, 6) is 1.28. The van der Waals surface area contributed by atoms with Crippen molar-refractivity contribution in [3.05, 3.63) is 58.1 Å². The molecule has 176 valence electrons. The number of rotatable bonds is 11. The zero-order valence-electron chi connectivity index (χ0n) is 18.3. The summed E-state index contributed by atoms with van der Waals surface area (Å²) in [6.45, 7) is 5.27. The van der Waals surface area contributed by atoms with Crippen molar-refractivity contribution in [1.82, 2.24) is 10.2 Å². The fourth-order valence-electron chi connectivity index (χ4n) is 3.64. The Bertz CT molecular complexity index is 829. The van der Waals surface area contributed by atoms with E-state index in [0.717, 1.165) is 31.7 Å². The van der Waals surface area contributed by atoms with Crippen molar-refractivity contribution in [3.63, 3.8) is 0 Å². The van der Waals surface area contributed by atoms with Crippen LogP contribution in [0.1, 0.15) is 18.4 Å². The number of halogens is 2. The number of nitrogens with zero attached hydrogens (tertiary/aromatic N) is 1. The first-order valence-corrected chi connectivity index (χ1v) is 11.7. The number of likely N-dealkylation sites (tertiary alicyclic amines) is 1. The van der Waals surface area contributed by atoms with Gasteiger partial charge in [0.15, 0.2) is 0 Å². The van der Waals surface area contributed by atoms with Crippen LogP contribution in [0.3, 0.4) is 0 Å². The summed E-state index contributed by atoms with van der Waals surface area (Å²) in [7, 11) is 0. The highest BCUT2D eigenvalue weighted by molar-refractivity contribution is 6.35. The molecule has 0 bridgehead atoms. The summed E-state index contributed by atoms with van der Waals surface area (Å²) in [6, 6.07) is 13.2. The van der Waals surface area contributed by atoms with Gasteiger partial charge in [-0.15, -0.1) is 0 Å². The van der Waals surface area contributed by atoms with Gasteiger partial charge in [0.2, 0.25) is 0 Å². The second-order valence-electron chi connectivity index (χ2n) is 8.30. The third kappa shape index (κ3) is 8.43. The van der Waals surface area contributed by atoms with E-state index in [1.165, 1.54) is 5.56 Å². The zero-order chi connectivity index (χ0) is 22.9. The minimum Gasteiger partial charge on any atom is -0.491 e. The summed E-state index contributed by atoms with van der Waals surface area (Å²) >= 11 is 12.0. The minimum atomic E-state index is -0.605. The van der Waals surface area contributed by atoms with E-state index in [1.807, 2.05) is 31.2 Å². The van der Waals surface area contributed by atoms with Gasteiger partial charge in [-0.2, -0.15) is 0 Å². The number of piperidine rings is 1. The molecule has 1 aliphatic heterocycles. The lowest BCUT2D eigenvalue weighted by Gasteiger charge is -2.33. The molecule has 0 saturated carbocycles. The number of ether oxygens (including phenoxy) is 2. The van der Waals surface area contributed by atoms with Gasteiger partial charge in [0.1, 0.15) is 36.9 Å². The van der Waals surface area contributed by atoms with Crippen LogP contribution in [0.4, 0.5) is 0 Å². The Kier molecular flexibility index (Phi) is 9.91. The van der Waals surface area contributed by atoms with Gasteiger partial charge in [-0.05, 0) is 63.2 Å². The van der Waals surface area contributed by atoms with Gasteiger partial charge in [-0.3, -0.25) is 0 Å². The Morgan fingerprint density at radius 1 is 1.00 bits per heavy atom. The normalized spacial score (nSPS) is 17.2. The number of aryl methyl sites for hydroxylation is 1. The van der Waals surface area contributed by atoms with Crippen LogP contribution in [-0.2, 0) is 0 Å². The van der Waals surface area contributed by atoms with E-state index in [-0.39, 0.29) is 13.2 Å². The van der Waals surface area contributed by atoms with Crippen LogP contribution >= 0.6 is 23.2 Å². The lowest BCUT2D eigenvalue weighted by atomic mass is 10.0. The summed E-state index contributed by atoms with van der Waals surface area (Å²) in [5.41, 5.74) is 1.18. The fraction of sp³-hybridized carbons (Fsp3) is 0.500. The second kappa shape index (κ2) is 12.6. The molecule has 32 heavy (non-hydrogen) atoms. The van der Waals surface area contributed by atoms with Gasteiger partial charge < -0.3 is 29.9 Å². The number of benzene rings is 2. The summed E-state index contributed by atoms with van der Waals surface area (Å²) < 4.78 is 11.3. The smallest absolute Gasteiger partial charge is 0.138 e. The maximum atomic E-state index is 10.3. The average Bonchev–Trinajstić information content (AvgIpc) is 2.77. The average molecular weight is 483 g/mol. The molecule has 0 spiro atoms. The van der Waals surface area contributed by atoms with E-state index in [4.69, 9.17) is 32.7 Å². The van der Waals surface area contributed by atoms with Gasteiger partial charge in [0.25, 0.3) is 0 Å². The van der Waals surface area contributed by atoms with Crippen molar-refractivity contribution >= 4 is 23.2 Å². The standard InChI is InChI=1S/C24H32Cl2N2O4/c1-17-2-5-22(6-3-17)31-15-20(29)13-27-19-8-10-28(11-9-19)14-21(30)16-32-24-7-4-18(25)12-23(24)26/h2-7,12,19-21,27,29-30H,8-11,13-16H2,1H3/t20-,21+/m0/s1. The first kappa shape index (κ1) is 25.1. The molecule has 1 saturated heterocycles. The molecular formula is C24H32Cl2N2O4. The number of β-amino-alcohol motifs (C(OH)–C–C–N with tert-alkyl or cyclic N) is 1. The molecule has 0 amide bonds. The lowest BCUT2D eigenvalue weighted by molar-refractivity contribution is 0.0556. The fourth-order valence-corrected chi connectivity index (χ4v) is 4.10. The van der Waals surface area contributed by atoms with Crippen molar-refractivity contribution in [1.29, 1.82) is 0 Å². The highest BCUT2D eigenvalue weighted by Crippen LogP contribution is 2.27. The monoisotopic (exact) mass is 482 g/mol. The molecule has 0 radical (unpaired) electrons. The lowest BCUT2D eigenvalue weighted by Crippen LogP contribution is -2.47. The first-order chi connectivity index (χ1) is 15.4. The summed E-state index contributed by atoms with van der Waals surface area (Å²) in [6.07, 6.45) is 0.754. The molecule has 0 aromatic heterocycles. The predicted molar refractivity (Wildman–Crippen MR) is 128 cm³/mol. The predicted octanol–water partition coefficient (Wildman–Crippen LogP) is 3.54. The number of aliphatic hydroxyl groups excluding tert-OH is 2. The van der Waals surface area contributed by atoms with Crippen LogP contribution in [0.15, 0.2) is 42.5 Å². The van der Waals surface area contributed by atoms with E-state index >= 15 is 0 Å². The van der Waals surface area contributed by atoms with Gasteiger partial charge in [0, 0.05) is 24.2 Å². The second-order valence-corrected chi connectivity index (χ2v) is 9.14. The van der Waals surface area contributed by atoms with E-state index in [2.05, 4.69) is 10.2 Å². The van der Waals surface area contributed by atoms with Crippen LogP contribution in [-0.4, -0.2) is 72.8 Å². The molecule has 1 fully saturated rings. The van der Waals surface area contributed by atoms with Crippen molar-refractivity contribution < 1.29 is 19.7 Å². The molecule has 2 aromatic carbocycles. The molecule has 0 unspecified atom stereocenters. The van der Waals surface area contributed by atoms with E-state index in [1.54, 1.807) is 18.2 Å². The molecule has 2 atom stereocenters. The Hall–Kier alpha value is -1.54. The van der Waals surface area contributed by atoms with Crippen molar-refractivity contribution in [2.45, 2.75) is 38.0 Å². The quantitative estimate of drug-likeness (QED) is 0.454. The first-order valence-electron chi connectivity index (χ1n) is 11.0. The Morgan fingerprint density at radius 2 is 1.69 bits per heavy atom. The number of hydrogen-bond acceptors (Lipinski definition) is 6. The van der Waals surface area contributed by atoms with Crippen LogP contribution in [0.25, 0.3) is 0 Å². The molecule has 2 aromatic rings. The SMILES string of the molecule is Cc1ccc(OC[C@@H](O)CNC2CCN(C[C@@H](O)COc3ccc(Cl)cc3Cl)CC2)cc1. The van der Waals surface area contributed by atoms with Gasteiger partial charge in [-0.1, -0.05) is 40.9 Å². The molecule has 8 heteroatoms. The Morgan fingerprint density at radius 3 is 2.38 bits per heavy atom. The largest absolute Gasteiger partial charge is 0.491 e. The van der Waals surface area contributed by atoms with Gasteiger partial charge >= 0.3 is 0 Å². The van der Waals surface area contributed by atoms with Crippen LogP contribution in [0, 0.1) is 6.92 Å². The van der Waals surface area contributed by atoms with Crippen LogP contribution in [0.2, 0.25) is 10.0 Å². The summed E-state index contributed by atoms with van der Waals surface area (Å²) in [5, 5.41) is 24.9. The third-order valence-electron chi connectivity index (χ3n) is 5.49. The highest BCUT2D eigenvalue weighted by Gasteiger charge is 2.22. The maximum Gasteiger partial charge on any atom is 0.138 e. The molecular weight excluding hydrogens is 451 g/mol. The molecule has 1 heterocycles. The Labute approximate surface area is 200 Å². The van der Waals surface area contributed by atoms with Crippen molar-refractivity contribution in [2.75, 3.05) is 39.4 Å². The Balaban J connectivity index is 1.28. The van der Waals surface area contributed by atoms with Crippen LogP contribution in [0.5, 0.6) is 11.5 Å².